The van der Waals surface area contributed by atoms with E-state index in [9.17, 15) is 19.5 Å². The van der Waals surface area contributed by atoms with Gasteiger partial charge in [-0.15, -0.1) is 0 Å². The van der Waals surface area contributed by atoms with Crippen molar-refractivity contribution in [3.8, 4) is 0 Å². The molecule has 0 aromatic carbocycles. The van der Waals surface area contributed by atoms with E-state index in [-0.39, 0.29) is 34.9 Å². The minimum absolute atomic E-state index is 0.0841. The highest BCUT2D eigenvalue weighted by Gasteiger charge is 2.61. The van der Waals surface area contributed by atoms with E-state index in [1.807, 2.05) is 6.08 Å². The fraction of sp³-hybridized carbons (Fsp3) is 0.783. The Balaban J connectivity index is 1.70. The first kappa shape index (κ1) is 18.9. The number of Topliss-reactive ketones (excluding diaryl/α,β-unsaturated/α-hetero) is 1. The average Bonchev–Trinajstić information content (AvgIpc) is 2.93. The summed E-state index contributed by atoms with van der Waals surface area (Å²) in [6.45, 7) is 6.33. The van der Waals surface area contributed by atoms with Crippen LogP contribution in [0.5, 0.6) is 0 Å². The predicted octanol–water partition coefficient (Wildman–Crippen LogP) is 4.42. The van der Waals surface area contributed by atoms with Crippen LogP contribution < -0.4 is 0 Å². The smallest absolute Gasteiger partial charge is 0.303 e. The first-order valence-electron chi connectivity index (χ1n) is 10.6. The number of allylic oxidation sites excluding steroid dienone is 1. The van der Waals surface area contributed by atoms with Crippen LogP contribution in [0.4, 0.5) is 0 Å². The van der Waals surface area contributed by atoms with Gasteiger partial charge in [0.2, 0.25) is 0 Å². The second-order valence-electron chi connectivity index (χ2n) is 10.1. The Bertz CT molecular complexity index is 722. The molecule has 0 aliphatic heterocycles. The minimum Gasteiger partial charge on any atom is -0.481 e. The molecule has 0 amide bonds. The van der Waals surface area contributed by atoms with Gasteiger partial charge in [-0.05, 0) is 86.0 Å². The van der Waals surface area contributed by atoms with Gasteiger partial charge in [-0.2, -0.15) is 0 Å². The molecule has 0 bridgehead atoms. The number of carboxylic acid groups (broad SMARTS) is 1. The molecule has 3 fully saturated rings. The number of fused-ring (bicyclic) bond motifs is 5. The van der Waals surface area contributed by atoms with Crippen LogP contribution in [0.25, 0.3) is 0 Å². The van der Waals surface area contributed by atoms with Crippen molar-refractivity contribution < 1.29 is 19.5 Å². The van der Waals surface area contributed by atoms with Crippen molar-refractivity contribution in [3.63, 3.8) is 0 Å². The van der Waals surface area contributed by atoms with E-state index < -0.39 is 5.97 Å². The van der Waals surface area contributed by atoms with Gasteiger partial charge in [-0.1, -0.05) is 19.4 Å². The van der Waals surface area contributed by atoms with Gasteiger partial charge in [-0.3, -0.25) is 14.4 Å². The second-order valence-corrected chi connectivity index (χ2v) is 10.1. The zero-order valence-corrected chi connectivity index (χ0v) is 16.8. The number of carboxylic acids is 1. The Hall–Kier alpha value is -1.45. The molecular formula is C23H32O4. The van der Waals surface area contributed by atoms with Crippen molar-refractivity contribution >= 4 is 17.5 Å². The zero-order chi connectivity index (χ0) is 19.6. The van der Waals surface area contributed by atoms with Crippen molar-refractivity contribution in [2.45, 2.75) is 72.1 Å². The quantitative estimate of drug-likeness (QED) is 0.796. The largest absolute Gasteiger partial charge is 0.481 e. The van der Waals surface area contributed by atoms with E-state index in [4.69, 9.17) is 0 Å². The van der Waals surface area contributed by atoms with Crippen molar-refractivity contribution in [3.05, 3.63) is 11.6 Å². The molecule has 148 valence electrons. The van der Waals surface area contributed by atoms with Crippen LogP contribution in [0.1, 0.15) is 72.1 Å². The Morgan fingerprint density at radius 2 is 1.89 bits per heavy atom. The molecule has 4 aliphatic carbocycles. The Kier molecular flexibility index (Phi) is 4.40. The number of carbonyl (C=O) groups excluding carboxylic acids is 2. The van der Waals surface area contributed by atoms with Crippen LogP contribution in [0, 0.1) is 40.4 Å². The normalized spacial score (nSPS) is 46.1. The third-order valence-electron chi connectivity index (χ3n) is 9.19. The van der Waals surface area contributed by atoms with E-state index in [2.05, 4.69) is 13.8 Å². The number of aliphatic carboxylic acids is 1. The first-order valence-corrected chi connectivity index (χ1v) is 10.6. The van der Waals surface area contributed by atoms with Crippen molar-refractivity contribution in [2.24, 2.45) is 40.4 Å². The van der Waals surface area contributed by atoms with Gasteiger partial charge in [0.1, 0.15) is 5.78 Å². The molecule has 1 unspecified atom stereocenters. The van der Waals surface area contributed by atoms with E-state index in [0.29, 0.717) is 30.0 Å². The van der Waals surface area contributed by atoms with E-state index in [0.717, 1.165) is 38.5 Å². The van der Waals surface area contributed by atoms with Gasteiger partial charge in [-0.25, -0.2) is 0 Å². The van der Waals surface area contributed by atoms with Crippen molar-refractivity contribution in [1.29, 1.82) is 0 Å². The van der Waals surface area contributed by atoms with Crippen LogP contribution in [-0.4, -0.2) is 22.6 Å². The topological polar surface area (TPSA) is 71.4 Å². The first-order chi connectivity index (χ1) is 12.7. The van der Waals surface area contributed by atoms with Gasteiger partial charge >= 0.3 is 5.97 Å². The summed E-state index contributed by atoms with van der Waals surface area (Å²) in [6.07, 6.45) is 8.54. The SMILES string of the molecule is CC(=O)[C@H]1CC[C@H]2[C@@H]3CCC4=CC(=O)CC(CC(=O)O)[C@]4(C)[C@H]3CC[C@]12C. The molecule has 0 heterocycles. The van der Waals surface area contributed by atoms with Crippen LogP contribution in [-0.2, 0) is 14.4 Å². The molecule has 0 radical (unpaired) electrons. The molecule has 7 atom stereocenters. The lowest BCUT2D eigenvalue weighted by Crippen LogP contribution is -2.54. The highest BCUT2D eigenvalue weighted by Crippen LogP contribution is 2.67. The molecule has 4 aliphatic rings. The lowest BCUT2D eigenvalue weighted by Gasteiger charge is -2.60. The summed E-state index contributed by atoms with van der Waals surface area (Å²) in [5.41, 5.74) is 1.14. The third-order valence-corrected chi connectivity index (χ3v) is 9.19. The number of carbonyl (C=O) groups is 3. The lowest BCUT2D eigenvalue weighted by atomic mass is 9.44. The van der Waals surface area contributed by atoms with Gasteiger partial charge < -0.3 is 5.11 Å². The molecule has 0 aromatic rings. The predicted molar refractivity (Wildman–Crippen MR) is 102 cm³/mol. The molecule has 4 heteroatoms. The Morgan fingerprint density at radius 3 is 2.56 bits per heavy atom. The molecule has 0 aromatic heterocycles. The van der Waals surface area contributed by atoms with E-state index in [1.54, 1.807) is 6.92 Å². The summed E-state index contributed by atoms with van der Waals surface area (Å²) in [6, 6.07) is 0. The summed E-state index contributed by atoms with van der Waals surface area (Å²) in [4.78, 5) is 36.0. The molecular weight excluding hydrogens is 340 g/mol. The Labute approximate surface area is 161 Å². The number of ketones is 2. The maximum atomic E-state index is 12.3. The van der Waals surface area contributed by atoms with Gasteiger partial charge in [0.15, 0.2) is 5.78 Å². The van der Waals surface area contributed by atoms with Gasteiger partial charge in [0.05, 0.1) is 0 Å². The summed E-state index contributed by atoms with van der Waals surface area (Å²) < 4.78 is 0. The standard InChI is InChI=1S/C23H32O4/c1-13(24)18-6-7-19-17-5-4-14-10-16(25)11-15(12-21(26)27)23(14,3)20(17)8-9-22(18,19)2/h10,15,17-20H,4-9,11-12H2,1-3H3,(H,26,27)/t15?,17-,18+,19-,20-,22+,23+/m0/s1. The molecule has 0 saturated heterocycles. The Morgan fingerprint density at radius 1 is 1.15 bits per heavy atom. The molecule has 3 saturated carbocycles. The van der Waals surface area contributed by atoms with Crippen LogP contribution in [0.2, 0.25) is 0 Å². The average molecular weight is 373 g/mol. The van der Waals surface area contributed by atoms with Gasteiger partial charge in [0, 0.05) is 18.8 Å². The van der Waals surface area contributed by atoms with Crippen LogP contribution >= 0.6 is 0 Å². The highest BCUT2D eigenvalue weighted by molar-refractivity contribution is 5.92. The number of hydrogen-bond acceptors (Lipinski definition) is 3. The summed E-state index contributed by atoms with van der Waals surface area (Å²) in [7, 11) is 0. The zero-order valence-electron chi connectivity index (χ0n) is 16.8. The van der Waals surface area contributed by atoms with Crippen LogP contribution in [0.3, 0.4) is 0 Å². The molecule has 4 nitrogen and oxygen atoms in total. The van der Waals surface area contributed by atoms with E-state index in [1.165, 1.54) is 5.57 Å². The maximum Gasteiger partial charge on any atom is 0.303 e. The molecule has 27 heavy (non-hydrogen) atoms. The monoisotopic (exact) mass is 372 g/mol. The van der Waals surface area contributed by atoms with Crippen molar-refractivity contribution in [2.75, 3.05) is 0 Å². The summed E-state index contributed by atoms with van der Waals surface area (Å²) in [5.74, 6) is 1.31. The summed E-state index contributed by atoms with van der Waals surface area (Å²) >= 11 is 0. The summed E-state index contributed by atoms with van der Waals surface area (Å²) in [5, 5.41) is 9.47. The second kappa shape index (κ2) is 6.28. The number of hydrogen-bond donors (Lipinski definition) is 1. The highest BCUT2D eigenvalue weighted by atomic mass is 16.4. The number of rotatable bonds is 3. The van der Waals surface area contributed by atoms with Gasteiger partial charge in [0.25, 0.3) is 0 Å². The van der Waals surface area contributed by atoms with Crippen LogP contribution in [0.15, 0.2) is 11.6 Å². The van der Waals surface area contributed by atoms with E-state index >= 15 is 0 Å². The lowest BCUT2D eigenvalue weighted by molar-refractivity contribution is -0.143. The molecule has 1 N–H and O–H groups in total. The fourth-order valence-electron chi connectivity index (χ4n) is 7.93. The maximum absolute atomic E-state index is 12.3. The fourth-order valence-corrected chi connectivity index (χ4v) is 7.93. The molecule has 0 spiro atoms. The third kappa shape index (κ3) is 2.66. The molecule has 4 rings (SSSR count). The van der Waals surface area contributed by atoms with Crippen molar-refractivity contribution in [1.82, 2.24) is 0 Å². The minimum atomic E-state index is -0.796.